The van der Waals surface area contributed by atoms with E-state index in [1.165, 1.54) is 0 Å². The van der Waals surface area contributed by atoms with Gasteiger partial charge in [0.25, 0.3) is 0 Å². The molecule has 0 spiro atoms. The normalized spacial score (nSPS) is 12.9. The molecule has 0 aromatic heterocycles. The van der Waals surface area contributed by atoms with E-state index in [-0.39, 0.29) is 18.4 Å². The predicted molar refractivity (Wildman–Crippen MR) is 50.4 cm³/mol. The van der Waals surface area contributed by atoms with E-state index in [0.29, 0.717) is 12.8 Å². The first-order valence-corrected chi connectivity index (χ1v) is 5.26. The summed E-state index contributed by atoms with van der Waals surface area (Å²) in [5, 5.41) is 8.23. The summed E-state index contributed by atoms with van der Waals surface area (Å²) in [5.74, 6) is 0.907. The predicted octanol–water partition coefficient (Wildman–Crippen LogP) is 0.00480. The smallest absolute Gasteiger partial charge is 0.150 e. The number of rotatable bonds is 7. The van der Waals surface area contributed by atoms with Crippen LogP contribution in [-0.2, 0) is 4.79 Å². The summed E-state index contributed by atoms with van der Waals surface area (Å²) in [6.45, 7) is 0.284. The van der Waals surface area contributed by atoms with Gasteiger partial charge in [0.1, 0.15) is 0 Å². The lowest BCUT2D eigenvalue weighted by atomic mass is 10.1. The number of ketones is 1. The minimum absolute atomic E-state index is 0.00519. The molecule has 0 aliphatic heterocycles. The molecule has 0 aromatic carbocycles. The molecule has 0 heterocycles. The van der Waals surface area contributed by atoms with Crippen molar-refractivity contribution in [2.45, 2.75) is 18.9 Å². The molecule has 0 bridgehead atoms. The Labute approximate surface area is 76.9 Å². The number of nitrogens with one attached hydrogen (secondary N) is 1. The van der Waals surface area contributed by atoms with Crippen LogP contribution in [-0.4, -0.2) is 35.6 Å². The molecule has 72 valence electrons. The molecule has 0 aliphatic carbocycles. The first kappa shape index (κ1) is 11.9. The highest BCUT2D eigenvalue weighted by molar-refractivity contribution is 7.98. The number of thioether (sulfide) groups is 1. The first-order chi connectivity index (χ1) is 5.72. The van der Waals surface area contributed by atoms with E-state index in [1.807, 2.05) is 11.7 Å². The van der Waals surface area contributed by atoms with Crippen molar-refractivity contribution in [1.29, 1.82) is 0 Å². The Kier molecular flexibility index (Phi) is 7.48. The highest BCUT2D eigenvalue weighted by Crippen LogP contribution is 2.00. The molecule has 12 heavy (non-hydrogen) atoms. The van der Waals surface area contributed by atoms with Gasteiger partial charge in [0, 0.05) is 13.0 Å². The van der Waals surface area contributed by atoms with Gasteiger partial charge in [0.05, 0.1) is 6.04 Å². The average Bonchev–Trinajstić information content (AvgIpc) is 2.10. The number of nitrogens with two attached hydrogens (primary N) is 1. The van der Waals surface area contributed by atoms with E-state index < -0.39 is 0 Å². The fourth-order valence-corrected chi connectivity index (χ4v) is 1.26. The number of Topliss-reactive ketones (excluding diaryl/α,β-unsaturated/α-hetero) is 1. The lowest BCUT2D eigenvalue weighted by Gasteiger charge is -2.08. The highest BCUT2D eigenvalue weighted by Gasteiger charge is 2.11. The SMILES string of the molecule is CSCC[C@H](N)C(=O)CCNO. The maximum atomic E-state index is 11.1. The van der Waals surface area contributed by atoms with Crippen molar-refractivity contribution in [3.63, 3.8) is 0 Å². The van der Waals surface area contributed by atoms with Crippen LogP contribution in [0, 0.1) is 0 Å². The van der Waals surface area contributed by atoms with Crippen molar-refractivity contribution in [2.75, 3.05) is 18.6 Å². The van der Waals surface area contributed by atoms with Gasteiger partial charge in [-0.3, -0.25) is 4.79 Å². The topological polar surface area (TPSA) is 75.4 Å². The van der Waals surface area contributed by atoms with Crippen LogP contribution in [0.2, 0.25) is 0 Å². The van der Waals surface area contributed by atoms with E-state index in [2.05, 4.69) is 0 Å². The molecule has 0 unspecified atom stereocenters. The summed E-state index contributed by atoms with van der Waals surface area (Å²) < 4.78 is 0. The molecule has 0 saturated heterocycles. The maximum Gasteiger partial charge on any atom is 0.150 e. The zero-order chi connectivity index (χ0) is 9.40. The van der Waals surface area contributed by atoms with Gasteiger partial charge in [0.15, 0.2) is 5.78 Å². The van der Waals surface area contributed by atoms with Crippen molar-refractivity contribution >= 4 is 17.5 Å². The number of carbonyl (C=O) groups is 1. The van der Waals surface area contributed by atoms with Crippen LogP contribution in [0.15, 0.2) is 0 Å². The molecule has 0 saturated carbocycles. The number of hydrogen-bond acceptors (Lipinski definition) is 5. The van der Waals surface area contributed by atoms with Crippen LogP contribution in [0.25, 0.3) is 0 Å². The Hall–Kier alpha value is -0.100. The molecule has 5 heteroatoms. The van der Waals surface area contributed by atoms with Gasteiger partial charge in [-0.05, 0) is 18.4 Å². The van der Waals surface area contributed by atoms with Crippen LogP contribution in [0.5, 0.6) is 0 Å². The molecule has 0 amide bonds. The largest absolute Gasteiger partial charge is 0.321 e. The second-order valence-corrected chi connectivity index (χ2v) is 3.50. The van der Waals surface area contributed by atoms with Crippen molar-refractivity contribution in [3.8, 4) is 0 Å². The third kappa shape index (κ3) is 5.54. The maximum absolute atomic E-state index is 11.1. The van der Waals surface area contributed by atoms with Gasteiger partial charge in [-0.25, -0.2) is 5.48 Å². The average molecular weight is 192 g/mol. The third-order valence-electron chi connectivity index (χ3n) is 1.53. The third-order valence-corrected chi connectivity index (χ3v) is 2.17. The van der Waals surface area contributed by atoms with Crippen LogP contribution < -0.4 is 11.2 Å². The van der Waals surface area contributed by atoms with Crippen molar-refractivity contribution in [3.05, 3.63) is 0 Å². The molecule has 0 aromatic rings. The van der Waals surface area contributed by atoms with E-state index >= 15 is 0 Å². The molecule has 4 N–H and O–H groups in total. The number of hydroxylamine groups is 1. The van der Waals surface area contributed by atoms with E-state index in [9.17, 15) is 4.79 Å². The minimum atomic E-state index is -0.370. The standard InChI is InChI=1S/C7H16N2O2S/c1-12-5-3-6(8)7(10)2-4-9-11/h6,9,11H,2-5,8H2,1H3/t6-/m0/s1. The minimum Gasteiger partial charge on any atom is -0.321 e. The zero-order valence-electron chi connectivity index (χ0n) is 7.25. The highest BCUT2D eigenvalue weighted by atomic mass is 32.2. The lowest BCUT2D eigenvalue weighted by Crippen LogP contribution is -2.32. The van der Waals surface area contributed by atoms with Gasteiger partial charge >= 0.3 is 0 Å². The summed E-state index contributed by atoms with van der Waals surface area (Å²) in [5.41, 5.74) is 7.50. The molecule has 4 nitrogen and oxygen atoms in total. The van der Waals surface area contributed by atoms with Gasteiger partial charge in [-0.1, -0.05) is 0 Å². The van der Waals surface area contributed by atoms with Gasteiger partial charge < -0.3 is 10.9 Å². The van der Waals surface area contributed by atoms with Crippen LogP contribution >= 0.6 is 11.8 Å². The Balaban J connectivity index is 3.47. The Bertz CT molecular complexity index is 133. The van der Waals surface area contributed by atoms with E-state index in [1.54, 1.807) is 11.8 Å². The fraction of sp³-hybridized carbons (Fsp3) is 0.857. The molecule has 0 aliphatic rings. The number of carbonyl (C=O) groups excluding carboxylic acids is 1. The van der Waals surface area contributed by atoms with Crippen LogP contribution in [0.4, 0.5) is 0 Å². The summed E-state index contributed by atoms with van der Waals surface area (Å²) in [6, 6.07) is -0.370. The Morgan fingerprint density at radius 3 is 2.92 bits per heavy atom. The summed E-state index contributed by atoms with van der Waals surface area (Å²) in [7, 11) is 0. The second-order valence-electron chi connectivity index (χ2n) is 2.51. The van der Waals surface area contributed by atoms with Gasteiger partial charge in [0.2, 0.25) is 0 Å². The van der Waals surface area contributed by atoms with Crippen molar-refractivity contribution < 1.29 is 10.0 Å². The van der Waals surface area contributed by atoms with Crippen LogP contribution in [0.1, 0.15) is 12.8 Å². The summed E-state index contributed by atoms with van der Waals surface area (Å²) >= 11 is 1.67. The van der Waals surface area contributed by atoms with Crippen molar-refractivity contribution in [2.24, 2.45) is 5.73 Å². The molecule has 0 rings (SSSR count). The van der Waals surface area contributed by atoms with Crippen LogP contribution in [0.3, 0.4) is 0 Å². The monoisotopic (exact) mass is 192 g/mol. The Morgan fingerprint density at radius 2 is 2.42 bits per heavy atom. The number of hydrogen-bond donors (Lipinski definition) is 3. The fourth-order valence-electron chi connectivity index (χ4n) is 0.770. The quantitative estimate of drug-likeness (QED) is 0.495. The molecule has 0 radical (unpaired) electrons. The lowest BCUT2D eigenvalue weighted by molar-refractivity contribution is -0.120. The molecule has 1 atom stereocenters. The summed E-state index contributed by atoms with van der Waals surface area (Å²) in [6.07, 6.45) is 2.99. The second kappa shape index (κ2) is 7.54. The molecule has 0 fully saturated rings. The summed E-state index contributed by atoms with van der Waals surface area (Å²) in [4.78, 5) is 11.1. The molecular weight excluding hydrogens is 176 g/mol. The van der Waals surface area contributed by atoms with Crippen molar-refractivity contribution in [1.82, 2.24) is 5.48 Å². The zero-order valence-corrected chi connectivity index (χ0v) is 8.06. The van der Waals surface area contributed by atoms with E-state index in [0.717, 1.165) is 5.75 Å². The molecular formula is C7H16N2O2S. The Morgan fingerprint density at radius 1 is 1.75 bits per heavy atom. The van der Waals surface area contributed by atoms with Gasteiger partial charge in [-0.15, -0.1) is 0 Å². The van der Waals surface area contributed by atoms with E-state index in [4.69, 9.17) is 10.9 Å². The van der Waals surface area contributed by atoms with Gasteiger partial charge in [-0.2, -0.15) is 11.8 Å². The first-order valence-electron chi connectivity index (χ1n) is 3.86.